The van der Waals surface area contributed by atoms with Gasteiger partial charge in [0.25, 0.3) is 0 Å². The van der Waals surface area contributed by atoms with Gasteiger partial charge in [-0.25, -0.2) is 15.0 Å². The molecule has 3 aliphatic rings. The van der Waals surface area contributed by atoms with Gasteiger partial charge in [-0.05, 0) is 73.8 Å². The molecule has 12 rings (SSSR count). The van der Waals surface area contributed by atoms with Gasteiger partial charge < -0.3 is 4.74 Å². The van der Waals surface area contributed by atoms with Crippen molar-refractivity contribution in [3.63, 3.8) is 0 Å². The molecule has 59 heavy (non-hydrogen) atoms. The predicted molar refractivity (Wildman–Crippen MR) is 237 cm³/mol. The van der Waals surface area contributed by atoms with Gasteiger partial charge >= 0.3 is 0 Å². The maximum absolute atomic E-state index is 6.74. The van der Waals surface area contributed by atoms with Crippen molar-refractivity contribution in [2.75, 3.05) is 0 Å². The van der Waals surface area contributed by atoms with Crippen LogP contribution in [0.4, 0.5) is 0 Å². The first kappa shape index (κ1) is 33.7. The number of para-hydroxylation sites is 2. The van der Waals surface area contributed by atoms with Crippen LogP contribution in [-0.4, -0.2) is 15.0 Å². The summed E-state index contributed by atoms with van der Waals surface area (Å²) in [4.78, 5) is 15.6. The second-order valence-electron chi connectivity index (χ2n) is 16.3. The summed E-state index contributed by atoms with van der Waals surface area (Å²) in [5.41, 5.74) is 16.7. The van der Waals surface area contributed by atoms with E-state index in [0.717, 1.165) is 50.4 Å². The van der Waals surface area contributed by atoms with E-state index < -0.39 is 5.41 Å². The first-order valence-electron chi connectivity index (χ1n) is 20.3. The second-order valence-corrected chi connectivity index (χ2v) is 16.3. The predicted octanol–water partition coefficient (Wildman–Crippen LogP) is 13.3. The molecule has 1 aromatic heterocycles. The molecule has 2 heterocycles. The van der Waals surface area contributed by atoms with Gasteiger partial charge in [0.15, 0.2) is 17.5 Å². The Hall–Kier alpha value is -7.43. The Morgan fingerprint density at radius 1 is 0.339 bits per heavy atom. The number of benzene rings is 8. The molecule has 1 spiro atoms. The Morgan fingerprint density at radius 3 is 1.47 bits per heavy atom. The molecule has 0 N–H and O–H groups in total. The van der Waals surface area contributed by atoms with Gasteiger partial charge in [-0.2, -0.15) is 0 Å². The summed E-state index contributed by atoms with van der Waals surface area (Å²) in [6.07, 6.45) is 0. The van der Waals surface area contributed by atoms with Crippen LogP contribution in [0, 0.1) is 0 Å². The second kappa shape index (κ2) is 12.5. The molecule has 0 bridgehead atoms. The van der Waals surface area contributed by atoms with Gasteiger partial charge in [0.2, 0.25) is 0 Å². The molecule has 0 amide bonds. The average Bonchev–Trinajstić information content (AvgIpc) is 3.72. The van der Waals surface area contributed by atoms with Gasteiger partial charge in [-0.3, -0.25) is 0 Å². The van der Waals surface area contributed by atoms with E-state index in [1.54, 1.807) is 0 Å². The third-order valence-corrected chi connectivity index (χ3v) is 12.8. The zero-order chi connectivity index (χ0) is 39.3. The Kier molecular flexibility index (Phi) is 7.16. The molecular weight excluding hydrogens is 719 g/mol. The van der Waals surface area contributed by atoms with Gasteiger partial charge in [-0.1, -0.05) is 184 Å². The van der Waals surface area contributed by atoms with Crippen molar-refractivity contribution in [1.82, 2.24) is 15.0 Å². The molecule has 0 atom stereocenters. The highest BCUT2D eigenvalue weighted by Crippen LogP contribution is 2.64. The lowest BCUT2D eigenvalue weighted by Crippen LogP contribution is -2.32. The maximum atomic E-state index is 6.74. The van der Waals surface area contributed by atoms with Crippen molar-refractivity contribution in [3.8, 4) is 79.0 Å². The standard InChI is InChI=1S/C55H37N3O/c1-54(2)41-24-10-9-21-38(41)49-37(22-15-27-44(49)54)36-31-32-39-46(33-36)55(42-25-11-13-29-47(42)59-48-30-14-12-26-43(48)55)45-28-16-23-40(50(39)45)53-57-51(34-17-5-3-6-18-34)56-52(58-53)35-19-7-4-8-20-35/h3-33H,1-2H3. The van der Waals surface area contributed by atoms with Crippen LogP contribution in [0.1, 0.15) is 47.2 Å². The molecule has 278 valence electrons. The van der Waals surface area contributed by atoms with E-state index in [4.69, 9.17) is 19.7 Å². The molecule has 8 aromatic carbocycles. The fourth-order valence-electron chi connectivity index (χ4n) is 10.2. The fourth-order valence-corrected chi connectivity index (χ4v) is 10.2. The molecule has 0 saturated heterocycles. The Balaban J connectivity index is 1.17. The normalized spacial score (nSPS) is 14.3. The summed E-state index contributed by atoms with van der Waals surface area (Å²) >= 11 is 0. The highest BCUT2D eigenvalue weighted by molar-refractivity contribution is 5.99. The fraction of sp³-hybridized carbons (Fsp3) is 0.0727. The minimum Gasteiger partial charge on any atom is -0.457 e. The summed E-state index contributed by atoms with van der Waals surface area (Å²) in [6, 6.07) is 67.0. The highest BCUT2D eigenvalue weighted by atomic mass is 16.5. The van der Waals surface area contributed by atoms with E-state index in [0.29, 0.717) is 17.5 Å². The summed E-state index contributed by atoms with van der Waals surface area (Å²) < 4.78 is 6.74. The van der Waals surface area contributed by atoms with Crippen LogP contribution in [0.25, 0.3) is 67.5 Å². The average molecular weight is 756 g/mol. The number of hydrogen-bond donors (Lipinski definition) is 0. The van der Waals surface area contributed by atoms with E-state index in [9.17, 15) is 0 Å². The Bertz CT molecular complexity index is 3070. The molecule has 0 unspecified atom stereocenters. The van der Waals surface area contributed by atoms with Crippen molar-refractivity contribution in [3.05, 3.63) is 221 Å². The van der Waals surface area contributed by atoms with Crippen LogP contribution in [0.3, 0.4) is 0 Å². The number of hydrogen-bond acceptors (Lipinski definition) is 4. The Morgan fingerprint density at radius 2 is 0.814 bits per heavy atom. The molecule has 0 saturated carbocycles. The maximum Gasteiger partial charge on any atom is 0.164 e. The zero-order valence-electron chi connectivity index (χ0n) is 32.6. The smallest absolute Gasteiger partial charge is 0.164 e. The van der Waals surface area contributed by atoms with Crippen molar-refractivity contribution in [2.24, 2.45) is 0 Å². The Labute approximate surface area is 343 Å². The van der Waals surface area contributed by atoms with E-state index in [1.165, 1.54) is 44.5 Å². The van der Waals surface area contributed by atoms with Gasteiger partial charge in [0, 0.05) is 33.2 Å². The summed E-state index contributed by atoms with van der Waals surface area (Å²) in [7, 11) is 0. The molecule has 2 aliphatic carbocycles. The molecule has 4 nitrogen and oxygen atoms in total. The molecule has 4 heteroatoms. The summed E-state index contributed by atoms with van der Waals surface area (Å²) in [5, 5.41) is 0. The lowest BCUT2D eigenvalue weighted by molar-refractivity contribution is 0.436. The SMILES string of the molecule is CC1(C)c2ccccc2-c2c(-c3ccc4c(c3)C3(c5ccccc5Oc5ccccc53)c3cccc(-c5nc(-c6ccccc6)nc(-c6ccccc6)n5)c3-4)cccc21. The van der Waals surface area contributed by atoms with Crippen LogP contribution < -0.4 is 4.74 Å². The number of ether oxygens (including phenoxy) is 1. The van der Waals surface area contributed by atoms with Gasteiger partial charge in [0.05, 0.1) is 5.41 Å². The number of fused-ring (bicyclic) bond motifs is 12. The minimum absolute atomic E-state index is 0.106. The van der Waals surface area contributed by atoms with E-state index in [1.807, 2.05) is 36.4 Å². The van der Waals surface area contributed by atoms with Gasteiger partial charge in [-0.15, -0.1) is 0 Å². The van der Waals surface area contributed by atoms with E-state index >= 15 is 0 Å². The highest BCUT2D eigenvalue weighted by Gasteiger charge is 2.52. The van der Waals surface area contributed by atoms with Crippen molar-refractivity contribution in [2.45, 2.75) is 24.7 Å². The molecule has 1 aliphatic heterocycles. The number of nitrogens with zero attached hydrogens (tertiary/aromatic N) is 3. The lowest BCUT2D eigenvalue weighted by atomic mass is 9.65. The molecule has 0 radical (unpaired) electrons. The number of rotatable bonds is 4. The van der Waals surface area contributed by atoms with E-state index in [2.05, 4.69) is 166 Å². The zero-order valence-corrected chi connectivity index (χ0v) is 32.6. The first-order valence-corrected chi connectivity index (χ1v) is 20.3. The topological polar surface area (TPSA) is 47.9 Å². The van der Waals surface area contributed by atoms with Crippen LogP contribution >= 0.6 is 0 Å². The monoisotopic (exact) mass is 755 g/mol. The van der Waals surface area contributed by atoms with Gasteiger partial charge in [0.1, 0.15) is 11.5 Å². The quantitative estimate of drug-likeness (QED) is 0.179. The molecular formula is C55H37N3O. The summed E-state index contributed by atoms with van der Waals surface area (Å²) in [5.74, 6) is 3.62. The van der Waals surface area contributed by atoms with Crippen molar-refractivity contribution < 1.29 is 4.74 Å². The first-order chi connectivity index (χ1) is 29.0. The van der Waals surface area contributed by atoms with Crippen molar-refractivity contribution in [1.29, 1.82) is 0 Å². The molecule has 9 aromatic rings. The third-order valence-electron chi connectivity index (χ3n) is 12.8. The van der Waals surface area contributed by atoms with Crippen LogP contribution in [0.2, 0.25) is 0 Å². The van der Waals surface area contributed by atoms with Crippen molar-refractivity contribution >= 4 is 0 Å². The van der Waals surface area contributed by atoms with E-state index in [-0.39, 0.29) is 5.41 Å². The minimum atomic E-state index is -0.686. The lowest BCUT2D eigenvalue weighted by Gasteiger charge is -2.39. The molecule has 0 fully saturated rings. The summed E-state index contributed by atoms with van der Waals surface area (Å²) in [6.45, 7) is 4.70. The third kappa shape index (κ3) is 4.74. The van der Waals surface area contributed by atoms with Crippen LogP contribution in [0.15, 0.2) is 188 Å². The van der Waals surface area contributed by atoms with Crippen LogP contribution in [0.5, 0.6) is 11.5 Å². The largest absolute Gasteiger partial charge is 0.457 e. The van der Waals surface area contributed by atoms with Crippen LogP contribution in [-0.2, 0) is 10.8 Å². The number of aromatic nitrogens is 3.